The van der Waals surface area contributed by atoms with Crippen LogP contribution in [0, 0.1) is 11.7 Å². The largest absolute Gasteiger partial charge is 0.416 e. The number of hydrogen-bond acceptors (Lipinski definition) is 2. The molecule has 0 unspecified atom stereocenters. The van der Waals surface area contributed by atoms with Gasteiger partial charge in [0.15, 0.2) is 0 Å². The van der Waals surface area contributed by atoms with Crippen molar-refractivity contribution in [1.29, 1.82) is 0 Å². The summed E-state index contributed by atoms with van der Waals surface area (Å²) in [5.41, 5.74) is 4.26. The van der Waals surface area contributed by atoms with E-state index in [1.54, 1.807) is 13.8 Å². The fourth-order valence-electron chi connectivity index (χ4n) is 1.78. The summed E-state index contributed by atoms with van der Waals surface area (Å²) in [6.45, 7) is 3.12. The highest BCUT2D eigenvalue weighted by Crippen LogP contribution is 2.32. The Hall–Kier alpha value is -1.43. The van der Waals surface area contributed by atoms with Gasteiger partial charge >= 0.3 is 6.18 Å². The molecule has 1 atom stereocenters. The van der Waals surface area contributed by atoms with Gasteiger partial charge in [-0.3, -0.25) is 4.79 Å². The quantitative estimate of drug-likeness (QED) is 0.859. The number of nitrogens with two attached hydrogens (primary N) is 1. The Kier molecular flexibility index (Phi) is 4.68. The molecule has 0 aliphatic rings. The highest BCUT2D eigenvalue weighted by molar-refractivity contribution is 5.87. The molecule has 0 heterocycles. The van der Waals surface area contributed by atoms with E-state index < -0.39 is 23.5 Å². The van der Waals surface area contributed by atoms with Crippen LogP contribution in [0.25, 0.3) is 0 Å². The van der Waals surface area contributed by atoms with Crippen LogP contribution < -0.4 is 5.73 Å². The second-order valence-corrected chi connectivity index (χ2v) is 4.58. The molecular weight excluding hydrogens is 262 g/mol. The minimum absolute atomic E-state index is 0.0887. The van der Waals surface area contributed by atoms with Crippen LogP contribution in [-0.2, 0) is 11.0 Å². The summed E-state index contributed by atoms with van der Waals surface area (Å²) in [7, 11) is 0. The lowest BCUT2D eigenvalue weighted by Gasteiger charge is -2.18. The van der Waals surface area contributed by atoms with E-state index in [-0.39, 0.29) is 23.8 Å². The molecule has 0 aromatic heterocycles. The molecule has 6 heteroatoms. The molecule has 2 nitrogen and oxygen atoms in total. The molecule has 0 saturated carbocycles. The van der Waals surface area contributed by atoms with Crippen molar-refractivity contribution in [2.45, 2.75) is 25.9 Å². The predicted molar refractivity (Wildman–Crippen MR) is 63.0 cm³/mol. The van der Waals surface area contributed by atoms with E-state index in [2.05, 4.69) is 0 Å². The molecule has 2 N–H and O–H groups in total. The van der Waals surface area contributed by atoms with Crippen molar-refractivity contribution in [1.82, 2.24) is 0 Å². The Balaban J connectivity index is 3.17. The Labute approximate surface area is 108 Å². The molecule has 0 spiro atoms. The van der Waals surface area contributed by atoms with Crippen LogP contribution in [0.1, 0.15) is 30.9 Å². The fraction of sp³-hybridized carbons (Fsp3) is 0.462. The first-order valence-electron chi connectivity index (χ1n) is 5.79. The van der Waals surface area contributed by atoms with Gasteiger partial charge in [-0.1, -0.05) is 19.9 Å². The first kappa shape index (κ1) is 15.6. The van der Waals surface area contributed by atoms with E-state index in [1.165, 1.54) is 0 Å². The molecule has 0 bridgehead atoms. The van der Waals surface area contributed by atoms with Gasteiger partial charge in [0.05, 0.1) is 11.5 Å². The topological polar surface area (TPSA) is 43.1 Å². The van der Waals surface area contributed by atoms with Crippen molar-refractivity contribution < 1.29 is 22.4 Å². The Bertz CT molecular complexity index is 468. The van der Waals surface area contributed by atoms with Crippen molar-refractivity contribution in [3.8, 4) is 0 Å². The van der Waals surface area contributed by atoms with E-state index in [0.29, 0.717) is 6.07 Å². The monoisotopic (exact) mass is 277 g/mol. The smallest absolute Gasteiger partial charge is 0.329 e. The third-order valence-corrected chi connectivity index (χ3v) is 2.85. The Morgan fingerprint density at radius 1 is 1.32 bits per heavy atom. The number of hydrogen-bond donors (Lipinski definition) is 1. The summed E-state index contributed by atoms with van der Waals surface area (Å²) in [4.78, 5) is 11.8. The highest BCUT2D eigenvalue weighted by Gasteiger charge is 2.32. The summed E-state index contributed by atoms with van der Waals surface area (Å²) in [6, 6.07) is 2.14. The van der Waals surface area contributed by atoms with E-state index in [1.807, 2.05) is 0 Å². The average molecular weight is 277 g/mol. The van der Waals surface area contributed by atoms with Crippen molar-refractivity contribution in [3.63, 3.8) is 0 Å². The third kappa shape index (κ3) is 3.53. The molecule has 0 saturated heterocycles. The van der Waals surface area contributed by atoms with Gasteiger partial charge in [-0.05, 0) is 17.7 Å². The molecule has 0 aliphatic carbocycles. The third-order valence-electron chi connectivity index (χ3n) is 2.85. The molecule has 0 radical (unpaired) electrons. The normalized spacial score (nSPS) is 13.7. The summed E-state index contributed by atoms with van der Waals surface area (Å²) in [5.74, 6) is -2.63. The van der Waals surface area contributed by atoms with Crippen LogP contribution in [0.2, 0.25) is 0 Å². The molecule has 1 rings (SSSR count). The molecule has 0 fully saturated rings. The summed E-state index contributed by atoms with van der Waals surface area (Å²) in [6.07, 6.45) is -4.61. The lowest BCUT2D eigenvalue weighted by molar-refractivity contribution is -0.137. The predicted octanol–water partition coefficient (Wildman–Crippen LogP) is 3.11. The van der Waals surface area contributed by atoms with Crippen LogP contribution >= 0.6 is 0 Å². The molecule has 0 amide bonds. The van der Waals surface area contributed by atoms with Crippen molar-refractivity contribution in [2.75, 3.05) is 6.54 Å². The van der Waals surface area contributed by atoms with Gasteiger partial charge in [0.2, 0.25) is 0 Å². The van der Waals surface area contributed by atoms with Gasteiger partial charge in [-0.25, -0.2) is 4.39 Å². The number of rotatable bonds is 4. The van der Waals surface area contributed by atoms with Crippen LogP contribution in [0.5, 0.6) is 0 Å². The van der Waals surface area contributed by atoms with Gasteiger partial charge in [0.25, 0.3) is 0 Å². The lowest BCUT2D eigenvalue weighted by atomic mass is 9.88. The van der Waals surface area contributed by atoms with Crippen LogP contribution in [0.15, 0.2) is 18.2 Å². The molecule has 0 aliphatic heterocycles. The number of benzene rings is 1. The highest BCUT2D eigenvalue weighted by atomic mass is 19.4. The number of carbonyl (C=O) groups is 1. The zero-order valence-corrected chi connectivity index (χ0v) is 10.6. The standard InChI is InChI=1S/C13H15F4NO/c1-7(2)12(19)10(6-18)9-4-3-8(5-11(9)14)13(15,16)17/h3-5,7,10H,6,18H2,1-2H3/t10-/m1/s1. The first-order chi connectivity index (χ1) is 8.68. The van der Waals surface area contributed by atoms with Crippen molar-refractivity contribution >= 4 is 5.78 Å². The number of halogens is 4. The Morgan fingerprint density at radius 2 is 1.89 bits per heavy atom. The molecule has 19 heavy (non-hydrogen) atoms. The van der Waals surface area contributed by atoms with Gasteiger partial charge in [0, 0.05) is 12.5 Å². The minimum Gasteiger partial charge on any atom is -0.329 e. The number of ketones is 1. The number of Topliss-reactive ketones (excluding diaryl/α,β-unsaturated/α-hetero) is 1. The van der Waals surface area contributed by atoms with Gasteiger partial charge in [-0.15, -0.1) is 0 Å². The van der Waals surface area contributed by atoms with E-state index in [4.69, 9.17) is 5.73 Å². The lowest BCUT2D eigenvalue weighted by Crippen LogP contribution is -2.26. The maximum Gasteiger partial charge on any atom is 0.416 e. The number of carbonyl (C=O) groups excluding carboxylic acids is 1. The molecule has 1 aromatic rings. The fourth-order valence-corrected chi connectivity index (χ4v) is 1.78. The minimum atomic E-state index is -4.61. The summed E-state index contributed by atoms with van der Waals surface area (Å²) in [5, 5.41) is 0. The zero-order valence-electron chi connectivity index (χ0n) is 10.6. The molecule has 1 aromatic carbocycles. The van der Waals surface area contributed by atoms with Gasteiger partial charge in [-0.2, -0.15) is 13.2 Å². The summed E-state index contributed by atoms with van der Waals surface area (Å²) >= 11 is 0. The average Bonchev–Trinajstić information content (AvgIpc) is 2.30. The summed E-state index contributed by atoms with van der Waals surface area (Å²) < 4.78 is 51.0. The second-order valence-electron chi connectivity index (χ2n) is 4.58. The van der Waals surface area contributed by atoms with Gasteiger partial charge in [0.1, 0.15) is 11.6 Å². The van der Waals surface area contributed by atoms with E-state index in [9.17, 15) is 22.4 Å². The van der Waals surface area contributed by atoms with Gasteiger partial charge < -0.3 is 5.73 Å². The maximum absolute atomic E-state index is 13.7. The zero-order chi connectivity index (χ0) is 14.8. The maximum atomic E-state index is 13.7. The van der Waals surface area contributed by atoms with Crippen molar-refractivity contribution in [3.05, 3.63) is 35.1 Å². The van der Waals surface area contributed by atoms with E-state index >= 15 is 0 Å². The second kappa shape index (κ2) is 5.69. The Morgan fingerprint density at radius 3 is 2.26 bits per heavy atom. The van der Waals surface area contributed by atoms with E-state index in [0.717, 1.165) is 12.1 Å². The van der Waals surface area contributed by atoms with Crippen LogP contribution in [-0.4, -0.2) is 12.3 Å². The van der Waals surface area contributed by atoms with Crippen molar-refractivity contribution in [2.24, 2.45) is 11.7 Å². The molecule has 106 valence electrons. The first-order valence-corrected chi connectivity index (χ1v) is 5.79. The van der Waals surface area contributed by atoms with Crippen LogP contribution in [0.3, 0.4) is 0 Å². The molecular formula is C13H15F4NO. The SMILES string of the molecule is CC(C)C(=O)[C@H](CN)c1ccc(C(F)(F)F)cc1F. The number of alkyl halides is 3. The van der Waals surface area contributed by atoms with Crippen LogP contribution in [0.4, 0.5) is 17.6 Å².